The molecule has 210 valence electrons. The van der Waals surface area contributed by atoms with Gasteiger partial charge in [0.15, 0.2) is 29.0 Å². The number of carbonyl (C=O) groups excluding carboxylic acids is 2. The van der Waals surface area contributed by atoms with E-state index in [4.69, 9.17) is 9.47 Å². The van der Waals surface area contributed by atoms with Crippen molar-refractivity contribution in [2.75, 3.05) is 33.0 Å². The van der Waals surface area contributed by atoms with Crippen LogP contribution in [0.15, 0.2) is 30.5 Å². The van der Waals surface area contributed by atoms with Crippen molar-refractivity contribution in [2.45, 2.75) is 13.3 Å². The van der Waals surface area contributed by atoms with Crippen LogP contribution in [0.5, 0.6) is 5.75 Å². The first-order chi connectivity index (χ1) is 18.7. The molecule has 1 heterocycles. The second-order valence-electron chi connectivity index (χ2n) is 7.49. The van der Waals surface area contributed by atoms with Gasteiger partial charge in [-0.15, -0.1) is 5.10 Å². The molecule has 3 rings (SSSR count). The molecule has 1 unspecified atom stereocenters. The van der Waals surface area contributed by atoms with Crippen LogP contribution in [0.1, 0.15) is 39.7 Å². The highest BCUT2D eigenvalue weighted by Gasteiger charge is 2.26. The highest BCUT2D eigenvalue weighted by Crippen LogP contribution is 2.27. The van der Waals surface area contributed by atoms with Crippen LogP contribution in [-0.4, -0.2) is 59.8 Å². The Kier molecular flexibility index (Phi) is 10.2. The number of ether oxygens (including phenoxy) is 2. The van der Waals surface area contributed by atoms with Gasteiger partial charge < -0.3 is 14.8 Å². The summed E-state index contributed by atoms with van der Waals surface area (Å²) in [7, 11) is 0. The Bertz CT molecular complexity index is 1320. The minimum absolute atomic E-state index is 0.0270. The van der Waals surface area contributed by atoms with Gasteiger partial charge in [-0.3, -0.25) is 9.59 Å². The summed E-state index contributed by atoms with van der Waals surface area (Å²) in [5, 5.41) is 9.99. The number of nitrogens with zero attached hydrogens (tertiary/aromatic N) is 3. The number of nitrogens with one attached hydrogen (secondary N) is 2. The average molecular weight is 561 g/mol. The first kappa shape index (κ1) is 29.4. The molecule has 10 nitrogen and oxygen atoms in total. The zero-order chi connectivity index (χ0) is 28.5. The molecule has 1 atom stereocenters. The van der Waals surface area contributed by atoms with Crippen LogP contribution in [0.2, 0.25) is 0 Å². The number of hydrogen-bond donors (Lipinski definition) is 2. The first-order valence-electron chi connectivity index (χ1n) is 11.2. The number of benzene rings is 2. The van der Waals surface area contributed by atoms with Crippen molar-refractivity contribution in [1.82, 2.24) is 25.8 Å². The lowest BCUT2D eigenvalue weighted by Gasteiger charge is -2.13. The van der Waals surface area contributed by atoms with Crippen molar-refractivity contribution in [3.63, 3.8) is 0 Å². The van der Waals surface area contributed by atoms with Crippen LogP contribution < -0.4 is 15.5 Å². The number of carbonyl (C=O) groups is 2. The summed E-state index contributed by atoms with van der Waals surface area (Å²) in [6.45, 7) is 1.30. The molecular formula is C23H21F6N5O5. The number of alkyl halides is 2. The van der Waals surface area contributed by atoms with E-state index in [2.05, 4.69) is 20.5 Å². The summed E-state index contributed by atoms with van der Waals surface area (Å²) in [5.41, 5.74) is 0.258. The van der Waals surface area contributed by atoms with Gasteiger partial charge in [-0.25, -0.2) is 41.3 Å². The number of halogens is 6. The molecule has 0 saturated carbocycles. The van der Waals surface area contributed by atoms with Gasteiger partial charge in [0.1, 0.15) is 24.7 Å². The molecule has 0 aliphatic carbocycles. The van der Waals surface area contributed by atoms with Crippen molar-refractivity contribution in [2.24, 2.45) is 0 Å². The standard InChI is InChI=1S/C23H21F6N5O5/c1-2-30-22(35)12-3-4-16(17(9-12)38-8-7-37-6-5-24)34-11-15(31-33-34)23(36)32-39-21(29)13-10-14(25)19(27)20(28)18(13)26/h3-4,9-11,21H,2,5-8H2,1H3,(H,30,35)(H,32,36). The molecule has 1 aromatic heterocycles. The molecule has 0 fully saturated rings. The smallest absolute Gasteiger partial charge is 0.297 e. The lowest BCUT2D eigenvalue weighted by Crippen LogP contribution is -2.25. The van der Waals surface area contributed by atoms with Gasteiger partial charge >= 0.3 is 0 Å². The Hall–Kier alpha value is -4.18. The SMILES string of the molecule is CCNC(=O)c1ccc(-n2cc(C(=O)NOC(F)c3cc(F)c(F)c(F)c3F)nn2)c(OCCOCCF)c1. The largest absolute Gasteiger partial charge is 0.489 e. The summed E-state index contributed by atoms with van der Waals surface area (Å²) in [6, 6.07) is 4.31. The van der Waals surface area contributed by atoms with Gasteiger partial charge in [-0.2, -0.15) is 0 Å². The van der Waals surface area contributed by atoms with Crippen LogP contribution in [0.3, 0.4) is 0 Å². The zero-order valence-electron chi connectivity index (χ0n) is 20.2. The number of hydrogen-bond acceptors (Lipinski definition) is 7. The molecule has 2 amide bonds. The maximum absolute atomic E-state index is 14.2. The molecule has 2 aromatic carbocycles. The second kappa shape index (κ2) is 13.6. The van der Waals surface area contributed by atoms with Gasteiger partial charge in [0.05, 0.1) is 25.0 Å². The minimum atomic E-state index is -2.91. The molecule has 0 aliphatic rings. The molecule has 0 saturated heterocycles. The third kappa shape index (κ3) is 7.23. The van der Waals surface area contributed by atoms with Gasteiger partial charge in [0, 0.05) is 12.1 Å². The Morgan fingerprint density at radius 2 is 1.79 bits per heavy atom. The maximum Gasteiger partial charge on any atom is 0.297 e. The van der Waals surface area contributed by atoms with Gasteiger partial charge in [-0.1, -0.05) is 5.21 Å². The van der Waals surface area contributed by atoms with E-state index in [0.29, 0.717) is 6.54 Å². The Morgan fingerprint density at radius 1 is 1.03 bits per heavy atom. The quantitative estimate of drug-likeness (QED) is 0.108. The molecule has 3 aromatic rings. The maximum atomic E-state index is 14.2. The summed E-state index contributed by atoms with van der Waals surface area (Å²) in [5.74, 6) is -9.76. The van der Waals surface area contributed by atoms with Crippen LogP contribution >= 0.6 is 0 Å². The highest BCUT2D eigenvalue weighted by molar-refractivity contribution is 5.95. The van der Waals surface area contributed by atoms with Crippen molar-refractivity contribution in [1.29, 1.82) is 0 Å². The summed E-state index contributed by atoms with van der Waals surface area (Å²) >= 11 is 0. The lowest BCUT2D eigenvalue weighted by molar-refractivity contribution is -0.0892. The number of rotatable bonds is 13. The number of amides is 2. The second-order valence-corrected chi connectivity index (χ2v) is 7.49. The normalized spacial score (nSPS) is 11.8. The Labute approximate surface area is 216 Å². The molecule has 2 N–H and O–H groups in total. The highest BCUT2D eigenvalue weighted by atomic mass is 19.2. The fourth-order valence-electron chi connectivity index (χ4n) is 3.05. The van der Waals surface area contributed by atoms with Crippen molar-refractivity contribution < 1.29 is 50.2 Å². The van der Waals surface area contributed by atoms with E-state index in [0.717, 1.165) is 10.9 Å². The summed E-state index contributed by atoms with van der Waals surface area (Å²) in [6.07, 6.45) is -1.84. The van der Waals surface area contributed by atoms with Crippen LogP contribution in [0.4, 0.5) is 26.3 Å². The predicted molar refractivity (Wildman–Crippen MR) is 120 cm³/mol. The van der Waals surface area contributed by atoms with E-state index in [1.54, 1.807) is 12.4 Å². The molecule has 0 aliphatic heterocycles. The molecule has 39 heavy (non-hydrogen) atoms. The van der Waals surface area contributed by atoms with Crippen molar-refractivity contribution >= 4 is 11.8 Å². The van der Waals surface area contributed by atoms with E-state index < -0.39 is 59.4 Å². The third-order valence-corrected chi connectivity index (χ3v) is 4.87. The number of aromatic nitrogens is 3. The Balaban J connectivity index is 1.75. The minimum Gasteiger partial charge on any atom is -0.489 e. The van der Waals surface area contributed by atoms with Crippen LogP contribution in [0.25, 0.3) is 5.69 Å². The van der Waals surface area contributed by atoms with Crippen LogP contribution in [-0.2, 0) is 9.57 Å². The van der Waals surface area contributed by atoms with E-state index in [9.17, 15) is 35.9 Å². The fraction of sp³-hybridized carbons (Fsp3) is 0.304. The van der Waals surface area contributed by atoms with E-state index in [-0.39, 0.29) is 42.9 Å². The van der Waals surface area contributed by atoms with E-state index in [1.807, 2.05) is 0 Å². The molecule has 0 bridgehead atoms. The van der Waals surface area contributed by atoms with Crippen molar-refractivity contribution in [3.05, 3.63) is 70.6 Å². The molecule has 0 radical (unpaired) electrons. The fourth-order valence-corrected chi connectivity index (χ4v) is 3.05. The number of hydroxylamine groups is 1. The third-order valence-electron chi connectivity index (χ3n) is 4.87. The van der Waals surface area contributed by atoms with Crippen LogP contribution in [0, 0.1) is 23.3 Å². The molecular weight excluding hydrogens is 540 g/mol. The van der Waals surface area contributed by atoms with Gasteiger partial charge in [0.25, 0.3) is 18.2 Å². The molecule has 16 heteroatoms. The topological polar surface area (TPSA) is 117 Å². The van der Waals surface area contributed by atoms with Gasteiger partial charge in [-0.05, 0) is 31.2 Å². The monoisotopic (exact) mass is 561 g/mol. The summed E-state index contributed by atoms with van der Waals surface area (Å²) < 4.78 is 91.6. The Morgan fingerprint density at radius 3 is 2.51 bits per heavy atom. The van der Waals surface area contributed by atoms with Gasteiger partial charge in [0.2, 0.25) is 0 Å². The average Bonchev–Trinajstić information content (AvgIpc) is 3.42. The molecule has 0 spiro atoms. The van der Waals surface area contributed by atoms with E-state index >= 15 is 0 Å². The van der Waals surface area contributed by atoms with E-state index in [1.165, 1.54) is 18.2 Å². The summed E-state index contributed by atoms with van der Waals surface area (Å²) in [4.78, 5) is 28.8. The van der Waals surface area contributed by atoms with Crippen molar-refractivity contribution in [3.8, 4) is 11.4 Å². The zero-order valence-corrected chi connectivity index (χ0v) is 20.2. The predicted octanol–water partition coefficient (Wildman–Crippen LogP) is 3.27. The first-order valence-corrected chi connectivity index (χ1v) is 11.2. The lowest BCUT2D eigenvalue weighted by atomic mass is 10.1.